The molecular formula is C10H7BrClN3O. The average Bonchev–Trinajstić information content (AvgIpc) is 2.58. The van der Waals surface area contributed by atoms with E-state index in [-0.39, 0.29) is 5.78 Å². The van der Waals surface area contributed by atoms with Crippen LogP contribution >= 0.6 is 27.5 Å². The zero-order chi connectivity index (χ0) is 11.7. The van der Waals surface area contributed by atoms with E-state index in [0.717, 1.165) is 0 Å². The molecular weight excluding hydrogens is 293 g/mol. The Labute approximate surface area is 105 Å². The lowest BCUT2D eigenvalue weighted by Gasteiger charge is -2.01. The van der Waals surface area contributed by atoms with Crippen molar-refractivity contribution in [2.24, 2.45) is 7.05 Å². The molecule has 0 saturated carbocycles. The van der Waals surface area contributed by atoms with Gasteiger partial charge in [-0.3, -0.25) is 4.79 Å². The highest BCUT2D eigenvalue weighted by atomic mass is 79.9. The molecule has 0 fully saturated rings. The van der Waals surface area contributed by atoms with Gasteiger partial charge in [-0.1, -0.05) is 28.9 Å². The first-order valence-corrected chi connectivity index (χ1v) is 5.62. The maximum atomic E-state index is 12.1. The fourth-order valence-electron chi connectivity index (χ4n) is 1.34. The van der Waals surface area contributed by atoms with E-state index in [1.807, 2.05) is 0 Å². The van der Waals surface area contributed by atoms with Crippen molar-refractivity contribution in [3.63, 3.8) is 0 Å². The second-order valence-corrected chi connectivity index (χ2v) is 4.38. The van der Waals surface area contributed by atoms with Gasteiger partial charge in [-0.25, -0.2) is 4.68 Å². The Morgan fingerprint density at radius 3 is 2.81 bits per heavy atom. The van der Waals surface area contributed by atoms with Crippen LogP contribution in [0.3, 0.4) is 0 Å². The molecule has 0 spiro atoms. The van der Waals surface area contributed by atoms with Gasteiger partial charge in [-0.2, -0.15) is 0 Å². The van der Waals surface area contributed by atoms with E-state index >= 15 is 0 Å². The van der Waals surface area contributed by atoms with E-state index < -0.39 is 0 Å². The lowest BCUT2D eigenvalue weighted by Crippen LogP contribution is -2.08. The number of ketones is 1. The van der Waals surface area contributed by atoms with Crippen molar-refractivity contribution in [2.45, 2.75) is 0 Å². The van der Waals surface area contributed by atoms with Crippen LogP contribution in [0, 0.1) is 0 Å². The topological polar surface area (TPSA) is 47.8 Å². The molecule has 0 amide bonds. The summed E-state index contributed by atoms with van der Waals surface area (Å²) in [7, 11) is 1.66. The molecule has 0 aliphatic heterocycles. The highest BCUT2D eigenvalue weighted by molar-refractivity contribution is 9.10. The number of hydrogen-bond donors (Lipinski definition) is 0. The molecule has 0 aliphatic rings. The minimum absolute atomic E-state index is 0.165. The molecule has 6 heteroatoms. The maximum absolute atomic E-state index is 12.1. The number of rotatable bonds is 2. The number of nitrogens with zero attached hydrogens (tertiary/aromatic N) is 3. The second kappa shape index (κ2) is 4.35. The van der Waals surface area contributed by atoms with Crippen LogP contribution in [-0.2, 0) is 7.05 Å². The minimum atomic E-state index is -0.165. The van der Waals surface area contributed by atoms with Crippen molar-refractivity contribution in [1.29, 1.82) is 0 Å². The molecule has 1 aromatic heterocycles. The summed E-state index contributed by atoms with van der Waals surface area (Å²) in [6.07, 6.45) is 0. The molecule has 0 unspecified atom stereocenters. The molecule has 0 radical (unpaired) electrons. The molecule has 0 saturated heterocycles. The van der Waals surface area contributed by atoms with Crippen LogP contribution in [0.4, 0.5) is 0 Å². The van der Waals surface area contributed by atoms with Crippen LogP contribution in [0.25, 0.3) is 0 Å². The summed E-state index contributed by atoms with van der Waals surface area (Å²) in [4.78, 5) is 12.1. The van der Waals surface area contributed by atoms with Gasteiger partial charge in [0, 0.05) is 17.6 Å². The second-order valence-electron chi connectivity index (χ2n) is 3.19. The fourth-order valence-corrected chi connectivity index (χ4v) is 2.04. The highest BCUT2D eigenvalue weighted by Gasteiger charge is 2.18. The van der Waals surface area contributed by atoms with E-state index in [4.69, 9.17) is 11.6 Å². The monoisotopic (exact) mass is 299 g/mol. The van der Waals surface area contributed by atoms with Crippen LogP contribution in [0.1, 0.15) is 16.1 Å². The third-order valence-corrected chi connectivity index (χ3v) is 2.86. The van der Waals surface area contributed by atoms with Crippen molar-refractivity contribution in [1.82, 2.24) is 15.0 Å². The molecule has 4 nitrogen and oxygen atoms in total. The number of hydrogen-bond acceptors (Lipinski definition) is 3. The van der Waals surface area contributed by atoms with Gasteiger partial charge in [0.1, 0.15) is 5.69 Å². The Kier molecular flexibility index (Phi) is 3.07. The molecule has 16 heavy (non-hydrogen) atoms. The normalized spacial score (nSPS) is 10.4. The standard InChI is InChI=1S/C10H7BrClN3O/c1-15-8(10(11)13-14-15)9(16)6-3-2-4-7(12)5-6/h2-5H,1H3. The van der Waals surface area contributed by atoms with E-state index in [1.54, 1.807) is 31.3 Å². The quantitative estimate of drug-likeness (QED) is 0.801. The van der Waals surface area contributed by atoms with Crippen LogP contribution in [0.15, 0.2) is 28.9 Å². The largest absolute Gasteiger partial charge is 0.287 e. The highest BCUT2D eigenvalue weighted by Crippen LogP contribution is 2.18. The van der Waals surface area contributed by atoms with Gasteiger partial charge < -0.3 is 0 Å². The van der Waals surface area contributed by atoms with E-state index in [1.165, 1.54) is 4.68 Å². The van der Waals surface area contributed by atoms with Crippen molar-refractivity contribution in [2.75, 3.05) is 0 Å². The predicted molar refractivity (Wildman–Crippen MR) is 63.6 cm³/mol. The summed E-state index contributed by atoms with van der Waals surface area (Å²) in [5.74, 6) is -0.165. The smallest absolute Gasteiger partial charge is 0.213 e. The number of halogens is 2. The number of carbonyl (C=O) groups excluding carboxylic acids is 1. The number of aromatic nitrogens is 3. The van der Waals surface area contributed by atoms with Gasteiger partial charge in [0.2, 0.25) is 5.78 Å². The maximum Gasteiger partial charge on any atom is 0.213 e. The summed E-state index contributed by atoms with van der Waals surface area (Å²) >= 11 is 9.01. The van der Waals surface area contributed by atoms with Gasteiger partial charge in [0.25, 0.3) is 0 Å². The van der Waals surface area contributed by atoms with Crippen LogP contribution in [0.5, 0.6) is 0 Å². The number of benzene rings is 1. The lowest BCUT2D eigenvalue weighted by molar-refractivity contribution is 0.102. The molecule has 0 aliphatic carbocycles. The number of aryl methyl sites for hydroxylation is 1. The average molecular weight is 301 g/mol. The SMILES string of the molecule is Cn1nnc(Br)c1C(=O)c1cccc(Cl)c1. The molecule has 2 rings (SSSR count). The fraction of sp³-hybridized carbons (Fsp3) is 0.100. The molecule has 1 heterocycles. The van der Waals surface area contributed by atoms with Gasteiger partial charge in [0.15, 0.2) is 4.60 Å². The summed E-state index contributed by atoms with van der Waals surface area (Å²) < 4.78 is 1.85. The summed E-state index contributed by atoms with van der Waals surface area (Å²) in [5, 5.41) is 8.04. The minimum Gasteiger partial charge on any atom is -0.287 e. The third-order valence-electron chi connectivity index (χ3n) is 2.09. The van der Waals surface area contributed by atoms with Gasteiger partial charge in [0.05, 0.1) is 0 Å². The van der Waals surface area contributed by atoms with Crippen LogP contribution in [0.2, 0.25) is 5.02 Å². The van der Waals surface area contributed by atoms with E-state index in [0.29, 0.717) is 20.9 Å². The zero-order valence-corrected chi connectivity index (χ0v) is 10.7. The number of carbonyl (C=O) groups is 1. The molecule has 1 aromatic carbocycles. The molecule has 2 aromatic rings. The van der Waals surface area contributed by atoms with Gasteiger partial charge in [-0.05, 0) is 28.1 Å². The molecule has 0 bridgehead atoms. The first kappa shape index (κ1) is 11.3. The van der Waals surface area contributed by atoms with E-state index in [2.05, 4.69) is 26.2 Å². The molecule has 0 N–H and O–H groups in total. The Morgan fingerprint density at radius 1 is 1.50 bits per heavy atom. The molecule has 0 atom stereocenters. The molecule has 82 valence electrons. The predicted octanol–water partition coefficient (Wildman–Crippen LogP) is 2.46. The van der Waals surface area contributed by atoms with Gasteiger partial charge >= 0.3 is 0 Å². The van der Waals surface area contributed by atoms with Gasteiger partial charge in [-0.15, -0.1) is 5.10 Å². The summed E-state index contributed by atoms with van der Waals surface area (Å²) in [5.41, 5.74) is 0.917. The first-order valence-electron chi connectivity index (χ1n) is 4.45. The summed E-state index contributed by atoms with van der Waals surface area (Å²) in [6, 6.07) is 6.76. The Hall–Kier alpha value is -1.20. The zero-order valence-electron chi connectivity index (χ0n) is 8.32. The van der Waals surface area contributed by atoms with E-state index in [9.17, 15) is 4.79 Å². The van der Waals surface area contributed by atoms with Crippen molar-refractivity contribution < 1.29 is 4.79 Å². The van der Waals surface area contributed by atoms with Crippen LogP contribution < -0.4 is 0 Å². The lowest BCUT2D eigenvalue weighted by atomic mass is 10.1. The van der Waals surface area contributed by atoms with Crippen LogP contribution in [-0.4, -0.2) is 20.8 Å². The van der Waals surface area contributed by atoms with Crippen molar-refractivity contribution in [3.8, 4) is 0 Å². The first-order chi connectivity index (χ1) is 7.59. The Morgan fingerprint density at radius 2 is 2.25 bits per heavy atom. The van der Waals surface area contributed by atoms with Crippen molar-refractivity contribution >= 4 is 33.3 Å². The Bertz CT molecular complexity index is 533. The van der Waals surface area contributed by atoms with Crippen molar-refractivity contribution in [3.05, 3.63) is 45.1 Å². The summed E-state index contributed by atoms with van der Waals surface area (Å²) in [6.45, 7) is 0. The Balaban J connectivity index is 2.47. The third kappa shape index (κ3) is 2.01.